The molecule has 0 saturated carbocycles. The summed E-state index contributed by atoms with van der Waals surface area (Å²) in [6.07, 6.45) is 0.639. The van der Waals surface area contributed by atoms with E-state index in [0.29, 0.717) is 18.5 Å². The van der Waals surface area contributed by atoms with Crippen molar-refractivity contribution < 1.29 is 14.6 Å². The van der Waals surface area contributed by atoms with Gasteiger partial charge in [-0.25, -0.2) is 4.39 Å². The van der Waals surface area contributed by atoms with Gasteiger partial charge in [0.15, 0.2) is 0 Å². The molecule has 0 aliphatic carbocycles. The van der Waals surface area contributed by atoms with E-state index in [-0.39, 0.29) is 24.2 Å². The molecule has 1 rings (SSSR count). The van der Waals surface area contributed by atoms with E-state index in [9.17, 15) is 9.50 Å². The van der Waals surface area contributed by atoms with Crippen molar-refractivity contribution in [3.05, 3.63) is 29.6 Å². The monoisotopic (exact) mass is 213 g/mol. The Labute approximate surface area is 88.6 Å². The molecule has 1 aromatic carbocycles. The Hall–Kier alpha value is -1.13. The third kappa shape index (κ3) is 3.49. The number of hydrogen-bond acceptors (Lipinski definition) is 3. The third-order valence-corrected chi connectivity index (χ3v) is 2.24. The smallest absolute Gasteiger partial charge is 0.123 e. The Morgan fingerprint density at radius 2 is 2.20 bits per heavy atom. The van der Waals surface area contributed by atoms with Gasteiger partial charge in [0.1, 0.15) is 11.6 Å². The molecule has 1 atom stereocenters. The minimum absolute atomic E-state index is 0.0837. The van der Waals surface area contributed by atoms with Crippen molar-refractivity contribution in [1.29, 1.82) is 0 Å². The zero-order valence-electron chi connectivity index (χ0n) is 8.70. The van der Waals surface area contributed by atoms with Crippen LogP contribution in [-0.4, -0.2) is 23.4 Å². The van der Waals surface area contributed by atoms with Crippen LogP contribution in [0.25, 0.3) is 0 Å². The number of phenols is 1. The first-order valence-electron chi connectivity index (χ1n) is 4.98. The van der Waals surface area contributed by atoms with Gasteiger partial charge >= 0.3 is 0 Å². The van der Waals surface area contributed by atoms with Gasteiger partial charge < -0.3 is 15.5 Å². The summed E-state index contributed by atoms with van der Waals surface area (Å²) >= 11 is 0. The van der Waals surface area contributed by atoms with E-state index in [1.807, 2.05) is 6.92 Å². The summed E-state index contributed by atoms with van der Waals surface area (Å²) in [5, 5.41) is 21.2. The van der Waals surface area contributed by atoms with Crippen LogP contribution < -0.4 is 5.32 Å². The second-order valence-electron chi connectivity index (χ2n) is 3.46. The van der Waals surface area contributed by atoms with Gasteiger partial charge in [0.25, 0.3) is 0 Å². The Bertz CT molecular complexity index is 317. The molecule has 0 amide bonds. The molecular weight excluding hydrogens is 197 g/mol. The van der Waals surface area contributed by atoms with Crippen molar-refractivity contribution >= 4 is 0 Å². The second-order valence-corrected chi connectivity index (χ2v) is 3.46. The molecule has 0 bridgehead atoms. The average molecular weight is 213 g/mol. The standard InChI is InChI=1S/C11H16FNO2/c1-8(13-5-2-6-14)10-7-9(12)3-4-11(10)15/h3-4,7-8,13-15H,2,5-6H2,1H3. The number of aliphatic hydroxyl groups excluding tert-OH is 1. The zero-order valence-corrected chi connectivity index (χ0v) is 8.70. The van der Waals surface area contributed by atoms with Crippen LogP contribution in [0, 0.1) is 5.82 Å². The number of phenolic OH excluding ortho intramolecular Hbond substituents is 1. The number of nitrogens with one attached hydrogen (secondary N) is 1. The van der Waals surface area contributed by atoms with Gasteiger partial charge in [-0.1, -0.05) is 0 Å². The normalized spacial score (nSPS) is 12.7. The summed E-state index contributed by atoms with van der Waals surface area (Å²) in [5.41, 5.74) is 0.535. The Balaban J connectivity index is 2.64. The third-order valence-electron chi connectivity index (χ3n) is 2.24. The lowest BCUT2D eigenvalue weighted by atomic mass is 10.1. The molecule has 3 nitrogen and oxygen atoms in total. The lowest BCUT2D eigenvalue weighted by molar-refractivity contribution is 0.283. The van der Waals surface area contributed by atoms with Crippen molar-refractivity contribution in [2.45, 2.75) is 19.4 Å². The van der Waals surface area contributed by atoms with E-state index < -0.39 is 0 Å². The highest BCUT2D eigenvalue weighted by atomic mass is 19.1. The van der Waals surface area contributed by atoms with Gasteiger partial charge in [-0.05, 0) is 38.1 Å². The Kier molecular flexibility index (Phi) is 4.52. The number of benzene rings is 1. The van der Waals surface area contributed by atoms with E-state index >= 15 is 0 Å². The summed E-state index contributed by atoms with van der Waals surface area (Å²) in [6, 6.07) is 3.74. The van der Waals surface area contributed by atoms with Crippen molar-refractivity contribution in [1.82, 2.24) is 5.32 Å². The highest BCUT2D eigenvalue weighted by Crippen LogP contribution is 2.24. The molecule has 0 saturated heterocycles. The van der Waals surface area contributed by atoms with Crippen LogP contribution in [0.1, 0.15) is 24.9 Å². The number of halogens is 1. The molecule has 0 aromatic heterocycles. The summed E-state index contributed by atoms with van der Waals surface area (Å²) in [5.74, 6) is -0.279. The van der Waals surface area contributed by atoms with Crippen molar-refractivity contribution in [2.24, 2.45) is 0 Å². The average Bonchev–Trinajstić information content (AvgIpc) is 2.22. The zero-order chi connectivity index (χ0) is 11.3. The Morgan fingerprint density at radius 1 is 1.47 bits per heavy atom. The maximum absolute atomic E-state index is 12.9. The van der Waals surface area contributed by atoms with Gasteiger partial charge in [0, 0.05) is 18.2 Å². The Morgan fingerprint density at radius 3 is 2.87 bits per heavy atom. The first-order valence-corrected chi connectivity index (χ1v) is 4.98. The molecule has 0 radical (unpaired) electrons. The fourth-order valence-corrected chi connectivity index (χ4v) is 1.38. The summed E-state index contributed by atoms with van der Waals surface area (Å²) in [6.45, 7) is 2.59. The molecule has 84 valence electrons. The second kappa shape index (κ2) is 5.68. The predicted molar refractivity (Wildman–Crippen MR) is 56.2 cm³/mol. The topological polar surface area (TPSA) is 52.5 Å². The molecule has 15 heavy (non-hydrogen) atoms. The van der Waals surface area contributed by atoms with Crippen LogP contribution in [0.3, 0.4) is 0 Å². The molecule has 3 N–H and O–H groups in total. The molecule has 0 spiro atoms. The van der Waals surface area contributed by atoms with E-state index in [1.54, 1.807) is 0 Å². The number of rotatable bonds is 5. The lowest BCUT2D eigenvalue weighted by Crippen LogP contribution is -2.20. The maximum Gasteiger partial charge on any atom is 0.123 e. The molecule has 0 aliphatic heterocycles. The van der Waals surface area contributed by atoms with E-state index in [0.717, 1.165) is 0 Å². The minimum atomic E-state index is -0.362. The van der Waals surface area contributed by atoms with Crippen LogP contribution in [0.15, 0.2) is 18.2 Å². The van der Waals surface area contributed by atoms with Crippen LogP contribution in [-0.2, 0) is 0 Å². The summed E-state index contributed by atoms with van der Waals surface area (Å²) in [4.78, 5) is 0. The molecule has 1 aromatic rings. The fraction of sp³-hybridized carbons (Fsp3) is 0.455. The highest BCUT2D eigenvalue weighted by molar-refractivity contribution is 5.34. The molecule has 4 heteroatoms. The van der Waals surface area contributed by atoms with Crippen molar-refractivity contribution in [2.75, 3.05) is 13.2 Å². The quantitative estimate of drug-likeness (QED) is 0.651. The fourth-order valence-electron chi connectivity index (χ4n) is 1.38. The SMILES string of the molecule is CC(NCCCO)c1cc(F)ccc1O. The summed E-state index contributed by atoms with van der Waals surface area (Å²) in [7, 11) is 0. The van der Waals surface area contributed by atoms with E-state index in [4.69, 9.17) is 5.11 Å². The lowest BCUT2D eigenvalue weighted by Gasteiger charge is -2.15. The maximum atomic E-state index is 12.9. The van der Waals surface area contributed by atoms with Crippen LogP contribution in [0.4, 0.5) is 4.39 Å². The first-order chi connectivity index (χ1) is 7.15. The highest BCUT2D eigenvalue weighted by Gasteiger charge is 2.10. The number of aromatic hydroxyl groups is 1. The first kappa shape index (κ1) is 11.9. The van der Waals surface area contributed by atoms with Crippen molar-refractivity contribution in [3.8, 4) is 5.75 Å². The number of hydrogen-bond donors (Lipinski definition) is 3. The molecule has 0 fully saturated rings. The van der Waals surface area contributed by atoms with Gasteiger partial charge in [-0.3, -0.25) is 0 Å². The molecular formula is C11H16FNO2. The van der Waals surface area contributed by atoms with Gasteiger partial charge in [-0.15, -0.1) is 0 Å². The largest absolute Gasteiger partial charge is 0.508 e. The van der Waals surface area contributed by atoms with Crippen molar-refractivity contribution in [3.63, 3.8) is 0 Å². The van der Waals surface area contributed by atoms with Gasteiger partial charge in [0.2, 0.25) is 0 Å². The van der Waals surface area contributed by atoms with E-state index in [1.165, 1.54) is 18.2 Å². The summed E-state index contributed by atoms with van der Waals surface area (Å²) < 4.78 is 12.9. The van der Waals surface area contributed by atoms with Gasteiger partial charge in [-0.2, -0.15) is 0 Å². The number of aliphatic hydroxyl groups is 1. The van der Waals surface area contributed by atoms with Gasteiger partial charge in [0.05, 0.1) is 0 Å². The van der Waals surface area contributed by atoms with Crippen LogP contribution >= 0.6 is 0 Å². The predicted octanol–water partition coefficient (Wildman–Crippen LogP) is 1.56. The minimum Gasteiger partial charge on any atom is -0.508 e. The molecule has 1 unspecified atom stereocenters. The van der Waals surface area contributed by atoms with E-state index in [2.05, 4.69) is 5.32 Å². The molecule has 0 heterocycles. The van der Waals surface area contributed by atoms with Crippen LogP contribution in [0.5, 0.6) is 5.75 Å². The molecule has 0 aliphatic rings. The van der Waals surface area contributed by atoms with Crippen LogP contribution in [0.2, 0.25) is 0 Å².